The highest BCUT2D eigenvalue weighted by atomic mass is 14.7. The first kappa shape index (κ1) is 9.76. The van der Waals surface area contributed by atoms with Crippen LogP contribution >= 0.6 is 0 Å². The molecule has 16 heavy (non-hydrogen) atoms. The van der Waals surface area contributed by atoms with Gasteiger partial charge in [-0.2, -0.15) is 0 Å². The summed E-state index contributed by atoms with van der Waals surface area (Å²) in [6.07, 6.45) is 9.63. The zero-order chi connectivity index (χ0) is 11.0. The summed E-state index contributed by atoms with van der Waals surface area (Å²) in [5.74, 6) is 0.709. The van der Waals surface area contributed by atoms with Crippen LogP contribution < -0.4 is 5.73 Å². The zero-order valence-corrected chi connectivity index (χ0v) is 9.37. The monoisotopic (exact) mass is 213 g/mol. The Labute approximate surface area is 95.8 Å². The van der Waals surface area contributed by atoms with Crippen LogP contribution in [0.2, 0.25) is 0 Å². The molecule has 0 spiro atoms. The van der Waals surface area contributed by atoms with Crippen molar-refractivity contribution in [2.75, 3.05) is 5.73 Å². The summed E-state index contributed by atoms with van der Waals surface area (Å²) in [7, 11) is 0. The van der Waals surface area contributed by atoms with E-state index in [9.17, 15) is 0 Å². The van der Waals surface area contributed by atoms with E-state index in [-0.39, 0.29) is 0 Å². The number of nitrogens with one attached hydrogen (secondary N) is 1. The Morgan fingerprint density at radius 1 is 1.19 bits per heavy atom. The number of nitrogen functional groups attached to an aromatic ring is 1. The zero-order valence-electron chi connectivity index (χ0n) is 9.37. The van der Waals surface area contributed by atoms with Crippen molar-refractivity contribution in [3.05, 3.63) is 36.4 Å². The SMILES string of the molecule is Nc1ccc2[nH]cc(C3CC[CH]CC3)c2c1. The molecule has 1 saturated carbocycles. The number of aromatic nitrogens is 1. The lowest BCUT2D eigenvalue weighted by atomic mass is 9.84. The maximum absolute atomic E-state index is 5.86. The van der Waals surface area contributed by atoms with E-state index < -0.39 is 0 Å². The van der Waals surface area contributed by atoms with Gasteiger partial charge < -0.3 is 10.7 Å². The molecule has 1 aromatic heterocycles. The van der Waals surface area contributed by atoms with Crippen LogP contribution in [-0.2, 0) is 0 Å². The molecular formula is C14H17N2. The highest BCUT2D eigenvalue weighted by Crippen LogP contribution is 2.36. The van der Waals surface area contributed by atoms with Gasteiger partial charge in [0.2, 0.25) is 0 Å². The predicted molar refractivity (Wildman–Crippen MR) is 68.2 cm³/mol. The third kappa shape index (κ3) is 1.58. The number of hydrogen-bond acceptors (Lipinski definition) is 1. The topological polar surface area (TPSA) is 41.8 Å². The van der Waals surface area contributed by atoms with Gasteiger partial charge in [-0.3, -0.25) is 0 Å². The number of aromatic amines is 1. The van der Waals surface area contributed by atoms with Crippen molar-refractivity contribution in [1.82, 2.24) is 4.98 Å². The fourth-order valence-corrected chi connectivity index (χ4v) is 2.74. The average Bonchev–Trinajstić information content (AvgIpc) is 2.73. The second kappa shape index (κ2) is 3.85. The minimum absolute atomic E-state index is 0.709. The summed E-state index contributed by atoms with van der Waals surface area (Å²) >= 11 is 0. The summed E-state index contributed by atoms with van der Waals surface area (Å²) in [5.41, 5.74) is 9.38. The number of nitrogens with two attached hydrogens (primary N) is 1. The van der Waals surface area contributed by atoms with Crippen LogP contribution in [0.1, 0.15) is 37.2 Å². The van der Waals surface area contributed by atoms with Crippen molar-refractivity contribution in [2.45, 2.75) is 31.6 Å². The highest BCUT2D eigenvalue weighted by molar-refractivity contribution is 5.86. The van der Waals surface area contributed by atoms with Gasteiger partial charge in [-0.15, -0.1) is 0 Å². The van der Waals surface area contributed by atoms with Crippen LogP contribution in [0.15, 0.2) is 24.4 Å². The van der Waals surface area contributed by atoms with Crippen LogP contribution in [-0.4, -0.2) is 4.98 Å². The van der Waals surface area contributed by atoms with Crippen molar-refractivity contribution in [3.8, 4) is 0 Å². The van der Waals surface area contributed by atoms with E-state index in [2.05, 4.69) is 29.7 Å². The Morgan fingerprint density at radius 3 is 2.81 bits per heavy atom. The standard InChI is InChI=1S/C14H17N2/c15-11-6-7-14-12(8-11)13(9-16-14)10-4-2-1-3-5-10/h1,6-10,16H,2-5,15H2. The third-order valence-corrected chi connectivity index (χ3v) is 3.62. The lowest BCUT2D eigenvalue weighted by molar-refractivity contribution is 0.514. The molecule has 0 saturated heterocycles. The minimum Gasteiger partial charge on any atom is -0.399 e. The Balaban J connectivity index is 2.05. The van der Waals surface area contributed by atoms with Crippen LogP contribution in [0.25, 0.3) is 10.9 Å². The van der Waals surface area contributed by atoms with E-state index in [4.69, 9.17) is 5.73 Å². The summed E-state index contributed by atoms with van der Waals surface area (Å²) in [6, 6.07) is 6.12. The summed E-state index contributed by atoms with van der Waals surface area (Å²) in [4.78, 5) is 3.35. The van der Waals surface area contributed by atoms with Gasteiger partial charge in [-0.05, 0) is 61.8 Å². The molecule has 2 nitrogen and oxygen atoms in total. The van der Waals surface area contributed by atoms with E-state index >= 15 is 0 Å². The van der Waals surface area contributed by atoms with Gasteiger partial charge in [0.05, 0.1) is 0 Å². The first-order valence-corrected chi connectivity index (χ1v) is 6.03. The van der Waals surface area contributed by atoms with Crippen LogP contribution in [0, 0.1) is 6.42 Å². The summed E-state index contributed by atoms with van der Waals surface area (Å²) in [6.45, 7) is 0. The number of rotatable bonds is 1. The van der Waals surface area contributed by atoms with Gasteiger partial charge in [0.1, 0.15) is 0 Å². The molecule has 3 rings (SSSR count). The van der Waals surface area contributed by atoms with Crippen LogP contribution in [0.5, 0.6) is 0 Å². The molecule has 1 heterocycles. The lowest BCUT2D eigenvalue weighted by Crippen LogP contribution is -2.04. The van der Waals surface area contributed by atoms with Crippen molar-refractivity contribution < 1.29 is 0 Å². The second-order valence-electron chi connectivity index (χ2n) is 4.69. The normalized spacial score (nSPS) is 18.0. The molecule has 1 radical (unpaired) electrons. The number of hydrogen-bond donors (Lipinski definition) is 2. The molecule has 1 aliphatic carbocycles. The summed E-state index contributed by atoms with van der Waals surface area (Å²) in [5, 5.41) is 1.31. The molecule has 0 atom stereocenters. The fourth-order valence-electron chi connectivity index (χ4n) is 2.74. The molecule has 2 heteroatoms. The molecule has 0 amide bonds. The molecule has 0 aliphatic heterocycles. The Morgan fingerprint density at radius 2 is 2.00 bits per heavy atom. The predicted octanol–water partition coefficient (Wildman–Crippen LogP) is 3.61. The number of benzene rings is 1. The van der Waals surface area contributed by atoms with Gasteiger partial charge >= 0.3 is 0 Å². The van der Waals surface area contributed by atoms with Gasteiger partial charge in [-0.1, -0.05) is 0 Å². The molecule has 1 fully saturated rings. The molecule has 2 aromatic rings. The van der Waals surface area contributed by atoms with Crippen molar-refractivity contribution >= 4 is 16.6 Å². The van der Waals surface area contributed by atoms with Crippen molar-refractivity contribution in [2.24, 2.45) is 0 Å². The highest BCUT2D eigenvalue weighted by Gasteiger charge is 2.18. The van der Waals surface area contributed by atoms with E-state index in [0.717, 1.165) is 5.69 Å². The maximum atomic E-state index is 5.86. The smallest absolute Gasteiger partial charge is 0.0458 e. The number of fused-ring (bicyclic) bond motifs is 1. The van der Waals surface area contributed by atoms with Gasteiger partial charge in [-0.25, -0.2) is 0 Å². The molecule has 3 N–H and O–H groups in total. The largest absolute Gasteiger partial charge is 0.399 e. The van der Waals surface area contributed by atoms with Crippen molar-refractivity contribution in [3.63, 3.8) is 0 Å². The van der Waals surface area contributed by atoms with Gasteiger partial charge in [0.25, 0.3) is 0 Å². The number of H-pyrrole nitrogens is 1. The van der Waals surface area contributed by atoms with Crippen LogP contribution in [0.3, 0.4) is 0 Å². The average molecular weight is 213 g/mol. The Bertz CT molecular complexity index is 492. The third-order valence-electron chi connectivity index (χ3n) is 3.62. The maximum Gasteiger partial charge on any atom is 0.0458 e. The molecule has 1 aliphatic rings. The quantitative estimate of drug-likeness (QED) is 0.698. The van der Waals surface area contributed by atoms with E-state index in [0.29, 0.717) is 5.92 Å². The second-order valence-corrected chi connectivity index (χ2v) is 4.69. The number of anilines is 1. The molecule has 0 bridgehead atoms. The van der Waals surface area contributed by atoms with E-state index in [1.807, 2.05) is 6.07 Å². The first-order valence-electron chi connectivity index (χ1n) is 6.03. The molecule has 83 valence electrons. The van der Waals surface area contributed by atoms with E-state index in [1.165, 1.54) is 42.1 Å². The van der Waals surface area contributed by atoms with Crippen molar-refractivity contribution in [1.29, 1.82) is 0 Å². The summed E-state index contributed by atoms with van der Waals surface area (Å²) < 4.78 is 0. The minimum atomic E-state index is 0.709. The van der Waals surface area contributed by atoms with Gasteiger partial charge in [0.15, 0.2) is 0 Å². The van der Waals surface area contributed by atoms with E-state index in [1.54, 1.807) is 0 Å². The molecule has 0 unspecified atom stereocenters. The Kier molecular flexibility index (Phi) is 2.35. The van der Waals surface area contributed by atoms with Crippen LogP contribution in [0.4, 0.5) is 5.69 Å². The Hall–Kier alpha value is -1.44. The first-order chi connectivity index (χ1) is 7.84. The fraction of sp³-hybridized carbons (Fsp3) is 0.357. The molecule has 1 aromatic carbocycles. The molecular weight excluding hydrogens is 196 g/mol. The lowest BCUT2D eigenvalue weighted by Gasteiger charge is -2.20. The van der Waals surface area contributed by atoms with Gasteiger partial charge in [0, 0.05) is 22.8 Å².